The standard InChI is InChI=1S/C27H35N3O/c1-2-3-4-5-6-7-13-22-30-25-17-12-11-16-24(25)29-26(30)20-21-28-27(31)19-18-23-14-9-8-10-15-23/h8-12,14-19H,2-7,13,20-22H2,1H3,(H,28,31)/b19-18+. The second-order valence-electron chi connectivity index (χ2n) is 8.07. The van der Waals surface area contributed by atoms with E-state index >= 15 is 0 Å². The second-order valence-corrected chi connectivity index (χ2v) is 8.07. The topological polar surface area (TPSA) is 46.9 Å². The lowest BCUT2D eigenvalue weighted by atomic mass is 10.1. The van der Waals surface area contributed by atoms with Crippen LogP contribution >= 0.6 is 0 Å². The number of fused-ring (bicyclic) bond motifs is 1. The summed E-state index contributed by atoms with van der Waals surface area (Å²) in [4.78, 5) is 17.0. The number of nitrogens with one attached hydrogen (secondary N) is 1. The van der Waals surface area contributed by atoms with Gasteiger partial charge in [0.2, 0.25) is 5.91 Å². The number of para-hydroxylation sites is 2. The molecule has 0 fully saturated rings. The molecule has 4 heteroatoms. The first-order valence-corrected chi connectivity index (χ1v) is 11.7. The summed E-state index contributed by atoms with van der Waals surface area (Å²) in [7, 11) is 0. The lowest BCUT2D eigenvalue weighted by molar-refractivity contribution is -0.116. The van der Waals surface area contributed by atoms with E-state index in [1.807, 2.05) is 42.5 Å². The highest BCUT2D eigenvalue weighted by molar-refractivity contribution is 5.91. The summed E-state index contributed by atoms with van der Waals surface area (Å²) in [5, 5.41) is 2.99. The van der Waals surface area contributed by atoms with Crippen molar-refractivity contribution in [3.63, 3.8) is 0 Å². The molecule has 3 aromatic rings. The number of unbranched alkanes of at least 4 members (excludes halogenated alkanes) is 6. The van der Waals surface area contributed by atoms with Gasteiger partial charge in [0.05, 0.1) is 11.0 Å². The second kappa shape index (κ2) is 12.7. The molecule has 0 bridgehead atoms. The number of carbonyl (C=O) groups is 1. The summed E-state index contributed by atoms with van der Waals surface area (Å²) in [5.74, 6) is 0.984. The molecule has 1 amide bonds. The fraction of sp³-hybridized carbons (Fsp3) is 0.407. The minimum absolute atomic E-state index is 0.0707. The van der Waals surface area contributed by atoms with E-state index in [1.165, 1.54) is 50.5 Å². The lowest BCUT2D eigenvalue weighted by Crippen LogP contribution is -2.24. The van der Waals surface area contributed by atoms with Crippen molar-refractivity contribution in [2.75, 3.05) is 6.54 Å². The Kier molecular flexibility index (Phi) is 9.36. The molecule has 0 aliphatic heterocycles. The van der Waals surface area contributed by atoms with Crippen LogP contribution in [0.4, 0.5) is 0 Å². The number of aryl methyl sites for hydroxylation is 1. The zero-order chi connectivity index (χ0) is 21.7. The van der Waals surface area contributed by atoms with Crippen molar-refractivity contribution in [1.82, 2.24) is 14.9 Å². The van der Waals surface area contributed by atoms with E-state index in [0.717, 1.165) is 29.9 Å². The normalized spacial score (nSPS) is 11.4. The highest BCUT2D eigenvalue weighted by atomic mass is 16.1. The van der Waals surface area contributed by atoms with Gasteiger partial charge in [0, 0.05) is 25.6 Å². The van der Waals surface area contributed by atoms with Crippen LogP contribution in [0.2, 0.25) is 0 Å². The van der Waals surface area contributed by atoms with E-state index in [4.69, 9.17) is 4.98 Å². The molecule has 31 heavy (non-hydrogen) atoms. The third kappa shape index (κ3) is 7.39. The molecular formula is C27H35N3O. The average Bonchev–Trinajstić information content (AvgIpc) is 3.15. The van der Waals surface area contributed by atoms with E-state index < -0.39 is 0 Å². The van der Waals surface area contributed by atoms with Gasteiger partial charge < -0.3 is 9.88 Å². The molecule has 0 atom stereocenters. The molecule has 0 saturated heterocycles. The van der Waals surface area contributed by atoms with Gasteiger partial charge in [-0.3, -0.25) is 4.79 Å². The van der Waals surface area contributed by atoms with E-state index in [1.54, 1.807) is 6.08 Å². The number of hydrogen-bond donors (Lipinski definition) is 1. The number of amides is 1. The number of aromatic nitrogens is 2. The SMILES string of the molecule is CCCCCCCCCn1c(CCNC(=O)/C=C/c2ccccc2)nc2ccccc21. The highest BCUT2D eigenvalue weighted by Crippen LogP contribution is 2.18. The molecule has 1 heterocycles. The maximum atomic E-state index is 12.2. The fourth-order valence-corrected chi connectivity index (χ4v) is 3.89. The van der Waals surface area contributed by atoms with Crippen molar-refractivity contribution >= 4 is 23.0 Å². The molecule has 0 saturated carbocycles. The van der Waals surface area contributed by atoms with Crippen LogP contribution in [-0.4, -0.2) is 22.0 Å². The minimum Gasteiger partial charge on any atom is -0.352 e. The fourth-order valence-electron chi connectivity index (χ4n) is 3.89. The van der Waals surface area contributed by atoms with Gasteiger partial charge in [0.15, 0.2) is 0 Å². The van der Waals surface area contributed by atoms with Gasteiger partial charge in [0.1, 0.15) is 5.82 Å². The number of benzene rings is 2. The summed E-state index contributed by atoms with van der Waals surface area (Å²) in [5.41, 5.74) is 3.25. The molecule has 0 aliphatic carbocycles. The largest absolute Gasteiger partial charge is 0.352 e. The molecule has 4 nitrogen and oxygen atoms in total. The first-order valence-electron chi connectivity index (χ1n) is 11.7. The average molecular weight is 418 g/mol. The molecule has 0 unspecified atom stereocenters. The Labute approximate surface area is 186 Å². The predicted octanol–water partition coefficient (Wildman–Crippen LogP) is 6.16. The van der Waals surface area contributed by atoms with E-state index in [2.05, 4.69) is 35.0 Å². The molecule has 3 rings (SSSR count). The third-order valence-corrected chi connectivity index (χ3v) is 5.59. The Morgan fingerprint density at radius 1 is 0.935 bits per heavy atom. The maximum Gasteiger partial charge on any atom is 0.244 e. The minimum atomic E-state index is -0.0707. The number of imidazole rings is 1. The van der Waals surface area contributed by atoms with Crippen molar-refractivity contribution in [2.45, 2.75) is 64.8 Å². The summed E-state index contributed by atoms with van der Waals surface area (Å²) in [6.07, 6.45) is 13.2. The molecule has 164 valence electrons. The van der Waals surface area contributed by atoms with Gasteiger partial charge in [-0.25, -0.2) is 4.98 Å². The summed E-state index contributed by atoms with van der Waals surface area (Å²) >= 11 is 0. The number of hydrogen-bond acceptors (Lipinski definition) is 2. The van der Waals surface area contributed by atoms with Crippen molar-refractivity contribution in [3.8, 4) is 0 Å². The van der Waals surface area contributed by atoms with Crippen LogP contribution in [0.15, 0.2) is 60.7 Å². The van der Waals surface area contributed by atoms with Crippen molar-refractivity contribution < 1.29 is 4.79 Å². The zero-order valence-electron chi connectivity index (χ0n) is 18.7. The molecular weight excluding hydrogens is 382 g/mol. The van der Waals surface area contributed by atoms with Crippen LogP contribution in [0.3, 0.4) is 0 Å². The molecule has 0 aliphatic rings. The number of nitrogens with zero attached hydrogens (tertiary/aromatic N) is 2. The number of rotatable bonds is 13. The van der Waals surface area contributed by atoms with Gasteiger partial charge in [0.25, 0.3) is 0 Å². The van der Waals surface area contributed by atoms with Crippen LogP contribution in [0.1, 0.15) is 63.3 Å². The molecule has 0 spiro atoms. The van der Waals surface area contributed by atoms with E-state index in [0.29, 0.717) is 6.54 Å². The van der Waals surface area contributed by atoms with Gasteiger partial charge >= 0.3 is 0 Å². The van der Waals surface area contributed by atoms with Crippen LogP contribution < -0.4 is 5.32 Å². The number of carbonyl (C=O) groups excluding carboxylic acids is 1. The Hall–Kier alpha value is -2.88. The summed E-state index contributed by atoms with van der Waals surface area (Å²) in [6, 6.07) is 18.2. The summed E-state index contributed by atoms with van der Waals surface area (Å²) < 4.78 is 2.34. The molecule has 0 radical (unpaired) electrons. The van der Waals surface area contributed by atoms with E-state index in [9.17, 15) is 4.79 Å². The van der Waals surface area contributed by atoms with E-state index in [-0.39, 0.29) is 5.91 Å². The zero-order valence-corrected chi connectivity index (χ0v) is 18.7. The predicted molar refractivity (Wildman–Crippen MR) is 130 cm³/mol. The van der Waals surface area contributed by atoms with Gasteiger partial charge in [-0.1, -0.05) is 87.9 Å². The van der Waals surface area contributed by atoms with Gasteiger partial charge in [-0.15, -0.1) is 0 Å². The van der Waals surface area contributed by atoms with Gasteiger partial charge in [-0.2, -0.15) is 0 Å². The quantitative estimate of drug-likeness (QED) is 0.267. The van der Waals surface area contributed by atoms with Gasteiger partial charge in [-0.05, 0) is 30.2 Å². The Morgan fingerprint density at radius 3 is 2.45 bits per heavy atom. The Morgan fingerprint density at radius 2 is 1.65 bits per heavy atom. The van der Waals surface area contributed by atoms with Crippen LogP contribution in [-0.2, 0) is 17.8 Å². The lowest BCUT2D eigenvalue weighted by Gasteiger charge is -2.10. The van der Waals surface area contributed by atoms with Crippen molar-refractivity contribution in [1.29, 1.82) is 0 Å². The van der Waals surface area contributed by atoms with Crippen LogP contribution in [0, 0.1) is 0 Å². The molecule has 1 aromatic heterocycles. The molecule has 2 aromatic carbocycles. The first-order chi connectivity index (χ1) is 15.3. The third-order valence-electron chi connectivity index (χ3n) is 5.59. The van der Waals surface area contributed by atoms with Crippen LogP contribution in [0.25, 0.3) is 17.1 Å². The highest BCUT2D eigenvalue weighted by Gasteiger charge is 2.10. The van der Waals surface area contributed by atoms with Crippen molar-refractivity contribution in [3.05, 3.63) is 72.1 Å². The monoisotopic (exact) mass is 417 g/mol. The summed E-state index contributed by atoms with van der Waals surface area (Å²) in [6.45, 7) is 3.83. The molecule has 1 N–H and O–H groups in total. The smallest absolute Gasteiger partial charge is 0.244 e. The first kappa shape index (κ1) is 22.8. The van der Waals surface area contributed by atoms with Crippen LogP contribution in [0.5, 0.6) is 0 Å². The van der Waals surface area contributed by atoms with Crippen molar-refractivity contribution in [2.24, 2.45) is 0 Å². The maximum absolute atomic E-state index is 12.2. The Bertz CT molecular complexity index is 959. The Balaban J connectivity index is 1.51.